The van der Waals surface area contributed by atoms with Crippen LogP contribution in [-0.2, 0) is 5.54 Å². The van der Waals surface area contributed by atoms with Gasteiger partial charge in [-0.15, -0.1) is 0 Å². The van der Waals surface area contributed by atoms with E-state index in [2.05, 4.69) is 13.0 Å². The topological polar surface area (TPSA) is 35.2 Å². The standard InChI is InChI=1S/C16H22ClNO/c1-11-8-14-12(9-13(11)17)15(2,18)10-16(19-14)6-4-3-5-7-16/h8-9H,3-7,10,18H2,1-2H3. The first kappa shape index (κ1) is 13.3. The second kappa shape index (κ2) is 4.39. The molecule has 0 saturated heterocycles. The molecule has 1 aromatic rings. The van der Waals surface area contributed by atoms with Crippen molar-refractivity contribution in [3.63, 3.8) is 0 Å². The minimum absolute atomic E-state index is 0.0466. The molecular weight excluding hydrogens is 258 g/mol. The first-order valence-corrected chi connectivity index (χ1v) is 7.58. The normalized spacial score (nSPS) is 28.8. The molecule has 19 heavy (non-hydrogen) atoms. The zero-order valence-electron chi connectivity index (χ0n) is 11.8. The summed E-state index contributed by atoms with van der Waals surface area (Å²) < 4.78 is 6.39. The largest absolute Gasteiger partial charge is 0.487 e. The lowest BCUT2D eigenvalue weighted by Crippen LogP contribution is -2.51. The fraction of sp³-hybridized carbons (Fsp3) is 0.625. The number of benzene rings is 1. The second-order valence-electron chi connectivity index (χ2n) is 6.54. The van der Waals surface area contributed by atoms with E-state index in [0.29, 0.717) is 0 Å². The lowest BCUT2D eigenvalue weighted by Gasteiger charge is -2.48. The molecule has 2 aliphatic rings. The highest BCUT2D eigenvalue weighted by atomic mass is 35.5. The van der Waals surface area contributed by atoms with Gasteiger partial charge in [-0.3, -0.25) is 0 Å². The monoisotopic (exact) mass is 279 g/mol. The molecule has 2 N–H and O–H groups in total. The molecule has 3 rings (SSSR count). The van der Waals surface area contributed by atoms with Crippen LogP contribution in [0, 0.1) is 6.92 Å². The van der Waals surface area contributed by atoms with Crippen molar-refractivity contribution in [3.8, 4) is 5.75 Å². The van der Waals surface area contributed by atoms with E-state index in [1.54, 1.807) is 0 Å². The van der Waals surface area contributed by atoms with Crippen LogP contribution in [-0.4, -0.2) is 5.60 Å². The van der Waals surface area contributed by atoms with Crippen molar-refractivity contribution in [3.05, 3.63) is 28.3 Å². The molecule has 1 aliphatic carbocycles. The molecule has 1 fully saturated rings. The summed E-state index contributed by atoms with van der Waals surface area (Å²) in [5.74, 6) is 0.944. The summed E-state index contributed by atoms with van der Waals surface area (Å²) in [6, 6.07) is 4.04. The van der Waals surface area contributed by atoms with Gasteiger partial charge < -0.3 is 10.5 Å². The summed E-state index contributed by atoms with van der Waals surface area (Å²) in [6.07, 6.45) is 6.96. The van der Waals surface area contributed by atoms with Crippen molar-refractivity contribution >= 4 is 11.6 Å². The average molecular weight is 280 g/mol. The molecule has 1 aliphatic heterocycles. The predicted octanol–water partition coefficient (Wildman–Crippen LogP) is 4.31. The van der Waals surface area contributed by atoms with Crippen LogP contribution in [0.2, 0.25) is 5.02 Å². The van der Waals surface area contributed by atoms with Crippen LogP contribution in [0.25, 0.3) is 0 Å². The van der Waals surface area contributed by atoms with Crippen molar-refractivity contribution in [1.82, 2.24) is 0 Å². The van der Waals surface area contributed by atoms with Crippen LogP contribution in [0.5, 0.6) is 5.75 Å². The molecular formula is C16H22ClNO. The maximum atomic E-state index is 6.58. The summed E-state index contributed by atoms with van der Waals surface area (Å²) in [7, 11) is 0. The molecule has 3 heteroatoms. The van der Waals surface area contributed by atoms with Gasteiger partial charge in [0.1, 0.15) is 11.4 Å². The Balaban J connectivity index is 2.06. The Morgan fingerprint density at radius 1 is 1.21 bits per heavy atom. The SMILES string of the molecule is Cc1cc2c(cc1Cl)C(C)(N)CC1(CCCCC1)O2. The van der Waals surface area contributed by atoms with E-state index in [-0.39, 0.29) is 11.1 Å². The average Bonchev–Trinajstić information content (AvgIpc) is 2.32. The molecule has 1 spiro atoms. The van der Waals surface area contributed by atoms with Gasteiger partial charge in [0.25, 0.3) is 0 Å². The van der Waals surface area contributed by atoms with Gasteiger partial charge >= 0.3 is 0 Å². The zero-order valence-corrected chi connectivity index (χ0v) is 12.5. The van der Waals surface area contributed by atoms with E-state index < -0.39 is 0 Å². The Labute approximate surface area is 120 Å². The van der Waals surface area contributed by atoms with Crippen molar-refractivity contribution in [1.29, 1.82) is 0 Å². The smallest absolute Gasteiger partial charge is 0.125 e. The van der Waals surface area contributed by atoms with Crippen molar-refractivity contribution in [2.45, 2.75) is 63.5 Å². The molecule has 1 heterocycles. The molecule has 1 atom stereocenters. The molecule has 0 bridgehead atoms. The van der Waals surface area contributed by atoms with Gasteiger partial charge in [0.2, 0.25) is 0 Å². The summed E-state index contributed by atoms with van der Waals surface area (Å²) >= 11 is 6.24. The summed E-state index contributed by atoms with van der Waals surface area (Å²) in [4.78, 5) is 0. The highest BCUT2D eigenvalue weighted by Crippen LogP contribution is 2.48. The Kier molecular flexibility index (Phi) is 3.06. The number of nitrogens with two attached hydrogens (primary N) is 1. The Morgan fingerprint density at radius 3 is 2.58 bits per heavy atom. The highest BCUT2D eigenvalue weighted by molar-refractivity contribution is 6.31. The van der Waals surface area contributed by atoms with Crippen LogP contribution < -0.4 is 10.5 Å². The van der Waals surface area contributed by atoms with E-state index in [1.165, 1.54) is 19.3 Å². The lowest BCUT2D eigenvalue weighted by atomic mass is 9.72. The third-order valence-electron chi connectivity index (χ3n) is 4.66. The van der Waals surface area contributed by atoms with E-state index >= 15 is 0 Å². The first-order valence-electron chi connectivity index (χ1n) is 7.20. The molecule has 104 valence electrons. The van der Waals surface area contributed by atoms with Gasteiger partial charge in [-0.25, -0.2) is 0 Å². The van der Waals surface area contributed by atoms with Gasteiger partial charge in [0, 0.05) is 22.5 Å². The maximum absolute atomic E-state index is 6.58. The third-order valence-corrected chi connectivity index (χ3v) is 5.06. The van der Waals surface area contributed by atoms with Crippen LogP contribution in [0.4, 0.5) is 0 Å². The Hall–Kier alpha value is -0.730. The number of rotatable bonds is 0. The van der Waals surface area contributed by atoms with E-state index in [1.807, 2.05) is 13.0 Å². The summed E-state index contributed by atoms with van der Waals surface area (Å²) in [5.41, 5.74) is 8.30. The number of halogens is 1. The van der Waals surface area contributed by atoms with Gasteiger partial charge in [0.05, 0.1) is 0 Å². The summed E-state index contributed by atoms with van der Waals surface area (Å²) in [5, 5.41) is 0.776. The van der Waals surface area contributed by atoms with Crippen LogP contribution >= 0.6 is 11.6 Å². The van der Waals surface area contributed by atoms with Gasteiger partial charge in [-0.2, -0.15) is 0 Å². The predicted molar refractivity (Wildman–Crippen MR) is 78.8 cm³/mol. The first-order chi connectivity index (χ1) is 8.92. The number of aryl methyl sites for hydroxylation is 1. The molecule has 2 nitrogen and oxygen atoms in total. The molecule has 1 saturated carbocycles. The molecule has 1 unspecified atom stereocenters. The van der Waals surface area contributed by atoms with Gasteiger partial charge in [0.15, 0.2) is 0 Å². The van der Waals surface area contributed by atoms with Gasteiger partial charge in [-0.1, -0.05) is 18.0 Å². The maximum Gasteiger partial charge on any atom is 0.125 e. The third kappa shape index (κ3) is 2.25. The number of hydrogen-bond acceptors (Lipinski definition) is 2. The summed E-state index contributed by atoms with van der Waals surface area (Å²) in [6.45, 7) is 4.12. The Morgan fingerprint density at radius 2 is 1.89 bits per heavy atom. The van der Waals surface area contributed by atoms with Crippen LogP contribution in [0.15, 0.2) is 12.1 Å². The lowest BCUT2D eigenvalue weighted by molar-refractivity contribution is -0.0147. The molecule has 0 radical (unpaired) electrons. The van der Waals surface area contributed by atoms with Crippen molar-refractivity contribution in [2.24, 2.45) is 5.73 Å². The molecule has 0 aromatic heterocycles. The fourth-order valence-corrected chi connectivity index (χ4v) is 3.86. The van der Waals surface area contributed by atoms with E-state index in [9.17, 15) is 0 Å². The van der Waals surface area contributed by atoms with E-state index in [0.717, 1.165) is 41.2 Å². The minimum atomic E-state index is -0.345. The van der Waals surface area contributed by atoms with Crippen LogP contribution in [0.3, 0.4) is 0 Å². The van der Waals surface area contributed by atoms with Gasteiger partial charge in [-0.05, 0) is 57.2 Å². The number of ether oxygens (including phenoxy) is 1. The Bertz CT molecular complexity index is 504. The quantitative estimate of drug-likeness (QED) is 0.768. The minimum Gasteiger partial charge on any atom is -0.487 e. The van der Waals surface area contributed by atoms with Crippen LogP contribution in [0.1, 0.15) is 56.6 Å². The van der Waals surface area contributed by atoms with Crippen molar-refractivity contribution < 1.29 is 4.74 Å². The molecule has 1 aromatic carbocycles. The van der Waals surface area contributed by atoms with E-state index in [4.69, 9.17) is 22.1 Å². The zero-order chi connectivity index (χ0) is 13.7. The fourth-order valence-electron chi connectivity index (χ4n) is 3.69. The van der Waals surface area contributed by atoms with Crippen molar-refractivity contribution in [2.75, 3.05) is 0 Å². The highest BCUT2D eigenvalue weighted by Gasteiger charge is 2.45. The molecule has 0 amide bonds. The number of fused-ring (bicyclic) bond motifs is 1. The number of hydrogen-bond donors (Lipinski definition) is 1. The second-order valence-corrected chi connectivity index (χ2v) is 6.94.